The third kappa shape index (κ3) is 6.86. The van der Waals surface area contributed by atoms with Crippen LogP contribution in [0.25, 0.3) is 0 Å². The molecule has 0 fully saturated rings. The molecular weight excluding hydrogens is 613 g/mol. The minimum atomic E-state index is -4.20. The predicted octanol–water partition coefficient (Wildman–Crippen LogP) is 6.79. The van der Waals surface area contributed by atoms with Gasteiger partial charge in [0.1, 0.15) is 4.75 Å². The number of hydrogen-bond donors (Lipinski definition) is 0. The summed E-state index contributed by atoms with van der Waals surface area (Å²) in [6, 6.07) is 45.1. The molecule has 0 radical (unpaired) electrons. The Balaban J connectivity index is 1.49. The van der Waals surface area contributed by atoms with Crippen LogP contribution in [0.2, 0.25) is 0 Å². The zero-order valence-electron chi connectivity index (χ0n) is 25.7. The lowest BCUT2D eigenvalue weighted by Crippen LogP contribution is -2.55. The van der Waals surface area contributed by atoms with Crippen LogP contribution in [0, 0.1) is 0 Å². The number of rotatable bonds is 12. The Hall–Kier alpha value is -4.08. The van der Waals surface area contributed by atoms with E-state index in [1.165, 1.54) is 0 Å². The SMILES string of the molecule is O=S(=O)(CCC1(S(=O)(=O)N(Cc2ccccc2)Cc2ccccc2)CN(Cc2ccccc2)Cc2ccccc21)c1ccccc1. The molecule has 46 heavy (non-hydrogen) atoms. The second-order valence-corrected chi connectivity index (χ2v) is 16.3. The lowest BCUT2D eigenvalue weighted by molar-refractivity contribution is 0.195. The molecule has 5 aromatic rings. The quantitative estimate of drug-likeness (QED) is 0.149. The number of hydrogen-bond acceptors (Lipinski definition) is 5. The van der Waals surface area contributed by atoms with Gasteiger partial charge in [0.2, 0.25) is 10.0 Å². The van der Waals surface area contributed by atoms with Gasteiger partial charge in [0.15, 0.2) is 9.84 Å². The minimum absolute atomic E-state index is 0.0883. The lowest BCUT2D eigenvalue weighted by atomic mass is 9.86. The van der Waals surface area contributed by atoms with Crippen molar-refractivity contribution in [1.29, 1.82) is 0 Å². The molecule has 1 atom stereocenters. The van der Waals surface area contributed by atoms with E-state index in [9.17, 15) is 8.42 Å². The molecule has 6 nitrogen and oxygen atoms in total. The van der Waals surface area contributed by atoms with Crippen molar-refractivity contribution in [1.82, 2.24) is 9.21 Å². The Morgan fingerprint density at radius 1 is 0.587 bits per heavy atom. The van der Waals surface area contributed by atoms with Crippen LogP contribution in [0.1, 0.15) is 34.2 Å². The molecule has 0 aromatic heterocycles. The molecule has 0 N–H and O–H groups in total. The van der Waals surface area contributed by atoms with Crippen LogP contribution >= 0.6 is 0 Å². The maximum absolute atomic E-state index is 15.5. The molecule has 1 heterocycles. The summed E-state index contributed by atoms with van der Waals surface area (Å²) < 4.78 is 58.6. The monoisotopic (exact) mass is 650 g/mol. The fraction of sp³-hybridized carbons (Fsp3) is 0.211. The van der Waals surface area contributed by atoms with Crippen LogP contribution in [0.4, 0.5) is 0 Å². The Bertz CT molecular complexity index is 1910. The van der Waals surface area contributed by atoms with Crippen molar-refractivity contribution in [2.24, 2.45) is 0 Å². The van der Waals surface area contributed by atoms with E-state index < -0.39 is 24.6 Å². The number of sulfone groups is 1. The van der Waals surface area contributed by atoms with E-state index in [0.717, 1.165) is 22.3 Å². The number of benzene rings is 5. The van der Waals surface area contributed by atoms with Gasteiger partial charge < -0.3 is 0 Å². The van der Waals surface area contributed by atoms with Crippen molar-refractivity contribution in [3.8, 4) is 0 Å². The normalized spacial score (nSPS) is 17.1. The Labute approximate surface area is 272 Å². The van der Waals surface area contributed by atoms with Gasteiger partial charge in [0, 0.05) is 32.7 Å². The van der Waals surface area contributed by atoms with Crippen LogP contribution in [0.5, 0.6) is 0 Å². The summed E-state index contributed by atoms with van der Waals surface area (Å²) in [5, 5.41) is 0. The summed E-state index contributed by atoms with van der Waals surface area (Å²) in [5.41, 5.74) is 4.35. The molecule has 236 valence electrons. The van der Waals surface area contributed by atoms with Gasteiger partial charge in [-0.05, 0) is 46.4 Å². The van der Waals surface area contributed by atoms with Gasteiger partial charge in [-0.15, -0.1) is 0 Å². The van der Waals surface area contributed by atoms with Crippen LogP contribution in [-0.2, 0) is 50.8 Å². The zero-order valence-corrected chi connectivity index (χ0v) is 27.3. The van der Waals surface area contributed by atoms with Crippen molar-refractivity contribution < 1.29 is 16.8 Å². The summed E-state index contributed by atoms with van der Waals surface area (Å²) in [5.74, 6) is -0.311. The third-order valence-electron chi connectivity index (χ3n) is 8.74. The molecule has 8 heteroatoms. The first-order chi connectivity index (χ1) is 22.3. The highest BCUT2D eigenvalue weighted by molar-refractivity contribution is 7.92. The smallest absolute Gasteiger partial charge is 0.225 e. The zero-order chi connectivity index (χ0) is 32.0. The highest BCUT2D eigenvalue weighted by Crippen LogP contribution is 2.44. The summed E-state index contributed by atoms with van der Waals surface area (Å²) in [6.07, 6.45) is -0.0883. The van der Waals surface area contributed by atoms with Gasteiger partial charge in [-0.2, -0.15) is 4.31 Å². The maximum atomic E-state index is 15.5. The van der Waals surface area contributed by atoms with Crippen LogP contribution in [0.3, 0.4) is 0 Å². The van der Waals surface area contributed by atoms with E-state index in [2.05, 4.69) is 4.90 Å². The van der Waals surface area contributed by atoms with E-state index in [4.69, 9.17) is 0 Å². The van der Waals surface area contributed by atoms with Crippen molar-refractivity contribution in [3.63, 3.8) is 0 Å². The van der Waals surface area contributed by atoms with Gasteiger partial charge in [0.25, 0.3) is 0 Å². The Morgan fingerprint density at radius 3 is 1.63 bits per heavy atom. The largest absolute Gasteiger partial charge is 0.293 e. The molecule has 0 saturated carbocycles. The third-order valence-corrected chi connectivity index (χ3v) is 13.0. The van der Waals surface area contributed by atoms with E-state index >= 15 is 8.42 Å². The lowest BCUT2D eigenvalue weighted by Gasteiger charge is -2.46. The molecule has 0 spiro atoms. The van der Waals surface area contributed by atoms with Crippen molar-refractivity contribution in [3.05, 3.63) is 173 Å². The van der Waals surface area contributed by atoms with Crippen LogP contribution in [0.15, 0.2) is 150 Å². The molecule has 1 aliphatic heterocycles. The summed E-state index contributed by atoms with van der Waals surface area (Å²) in [4.78, 5) is 2.34. The minimum Gasteiger partial charge on any atom is -0.293 e. The second kappa shape index (κ2) is 13.7. The molecule has 0 bridgehead atoms. The fourth-order valence-corrected chi connectivity index (χ4v) is 10.3. The first kappa shape index (κ1) is 31.9. The van der Waals surface area contributed by atoms with E-state index in [1.807, 2.05) is 115 Å². The van der Waals surface area contributed by atoms with Gasteiger partial charge in [-0.3, -0.25) is 4.90 Å². The van der Waals surface area contributed by atoms with Crippen LogP contribution in [-0.4, -0.2) is 38.3 Å². The van der Waals surface area contributed by atoms with Crippen molar-refractivity contribution in [2.75, 3.05) is 12.3 Å². The van der Waals surface area contributed by atoms with Crippen LogP contribution < -0.4 is 0 Å². The van der Waals surface area contributed by atoms with Gasteiger partial charge in [-0.25, -0.2) is 16.8 Å². The standard InChI is InChI=1S/C38H38N2O4S2/c41-45(42,36-22-11-4-12-23-36)26-25-38(31-39(27-32-15-5-1-6-16-32)30-35-21-13-14-24-37(35)38)46(43,44)40(28-33-17-7-2-8-18-33)29-34-19-9-3-10-20-34/h1-24H,25-31H2. The molecule has 6 rings (SSSR count). The molecule has 1 aliphatic rings. The van der Waals surface area contributed by atoms with E-state index in [0.29, 0.717) is 18.7 Å². The fourth-order valence-electron chi connectivity index (χ4n) is 6.45. The number of nitrogens with zero attached hydrogens (tertiary/aromatic N) is 2. The van der Waals surface area contributed by atoms with Crippen molar-refractivity contribution >= 4 is 19.9 Å². The topological polar surface area (TPSA) is 74.8 Å². The van der Waals surface area contributed by atoms with E-state index in [-0.39, 0.29) is 36.7 Å². The Morgan fingerprint density at radius 2 is 1.07 bits per heavy atom. The highest BCUT2D eigenvalue weighted by Gasteiger charge is 2.53. The first-order valence-electron chi connectivity index (χ1n) is 15.5. The molecule has 0 saturated heterocycles. The average Bonchev–Trinajstić information content (AvgIpc) is 3.08. The van der Waals surface area contributed by atoms with E-state index in [1.54, 1.807) is 34.6 Å². The maximum Gasteiger partial charge on any atom is 0.225 e. The highest BCUT2D eigenvalue weighted by atomic mass is 32.2. The number of fused-ring (bicyclic) bond motifs is 1. The molecule has 5 aromatic carbocycles. The number of sulfonamides is 1. The average molecular weight is 651 g/mol. The van der Waals surface area contributed by atoms with Gasteiger partial charge in [-0.1, -0.05) is 133 Å². The summed E-state index contributed by atoms with van der Waals surface area (Å²) in [6.45, 7) is 1.57. The molecule has 1 unspecified atom stereocenters. The molecule has 0 amide bonds. The molecular formula is C38H38N2O4S2. The van der Waals surface area contributed by atoms with Gasteiger partial charge >= 0.3 is 0 Å². The second-order valence-electron chi connectivity index (χ2n) is 11.9. The van der Waals surface area contributed by atoms with Gasteiger partial charge in [0.05, 0.1) is 10.6 Å². The Kier molecular flexibility index (Phi) is 9.52. The first-order valence-corrected chi connectivity index (χ1v) is 18.6. The molecule has 0 aliphatic carbocycles. The predicted molar refractivity (Wildman–Crippen MR) is 183 cm³/mol. The van der Waals surface area contributed by atoms with Crippen molar-refractivity contribution in [2.45, 2.75) is 42.2 Å². The summed E-state index contributed by atoms with van der Waals surface area (Å²) >= 11 is 0. The summed E-state index contributed by atoms with van der Waals surface area (Å²) in [7, 11) is -7.98.